The molecule has 4 nitrogen and oxygen atoms in total. The maximum atomic E-state index is 13.4. The molecule has 7 heteroatoms. The van der Waals surface area contributed by atoms with Gasteiger partial charge in [0, 0.05) is 14.9 Å². The Morgan fingerprint density at radius 2 is 1.68 bits per heavy atom. The van der Waals surface area contributed by atoms with Crippen molar-refractivity contribution in [2.75, 3.05) is 0 Å². The van der Waals surface area contributed by atoms with Gasteiger partial charge in [-0.2, -0.15) is 0 Å². The summed E-state index contributed by atoms with van der Waals surface area (Å²) in [4.78, 5) is 28.3. The van der Waals surface area contributed by atoms with E-state index in [1.807, 2.05) is 32.0 Å². The van der Waals surface area contributed by atoms with E-state index in [0.717, 1.165) is 16.0 Å². The van der Waals surface area contributed by atoms with Gasteiger partial charge >= 0.3 is 5.69 Å². The first-order valence-corrected chi connectivity index (χ1v) is 10.2. The molecular weight excluding hydrogens is 415 g/mol. The Kier molecular flexibility index (Phi) is 4.91. The zero-order chi connectivity index (χ0) is 20.0. The molecule has 0 spiro atoms. The van der Waals surface area contributed by atoms with Crippen LogP contribution < -0.4 is 11.2 Å². The number of hydrogen-bond acceptors (Lipinski definition) is 3. The molecule has 2 aromatic carbocycles. The van der Waals surface area contributed by atoms with E-state index in [1.54, 1.807) is 34.9 Å². The van der Waals surface area contributed by atoms with Crippen molar-refractivity contribution in [3.8, 4) is 5.69 Å². The molecule has 28 heavy (non-hydrogen) atoms. The van der Waals surface area contributed by atoms with Crippen LogP contribution in [-0.2, 0) is 6.54 Å². The lowest BCUT2D eigenvalue weighted by Gasteiger charge is -2.13. The van der Waals surface area contributed by atoms with E-state index in [9.17, 15) is 9.59 Å². The quantitative estimate of drug-likeness (QED) is 0.448. The third kappa shape index (κ3) is 3.20. The van der Waals surface area contributed by atoms with E-state index >= 15 is 0 Å². The molecule has 0 atom stereocenters. The Labute approximate surface area is 175 Å². The SMILES string of the molecule is Cc1sc2c(c1C)c(=O)n(-c1ccc(Cl)cc1)c(=O)n2Cc1cccc(Cl)c1. The molecule has 2 aromatic heterocycles. The number of hydrogen-bond donors (Lipinski definition) is 0. The summed E-state index contributed by atoms with van der Waals surface area (Å²) in [6, 6.07) is 14.1. The van der Waals surface area contributed by atoms with Gasteiger partial charge in [-0.15, -0.1) is 11.3 Å². The lowest BCUT2D eigenvalue weighted by atomic mass is 10.2. The van der Waals surface area contributed by atoms with Crippen LogP contribution in [0.25, 0.3) is 15.9 Å². The van der Waals surface area contributed by atoms with Crippen LogP contribution in [0.1, 0.15) is 16.0 Å². The number of aryl methyl sites for hydroxylation is 2. The summed E-state index contributed by atoms with van der Waals surface area (Å²) in [5.74, 6) is 0. The van der Waals surface area contributed by atoms with Crippen molar-refractivity contribution in [1.82, 2.24) is 9.13 Å². The van der Waals surface area contributed by atoms with Gasteiger partial charge in [0.1, 0.15) is 4.83 Å². The van der Waals surface area contributed by atoms with Crippen LogP contribution in [-0.4, -0.2) is 9.13 Å². The first-order chi connectivity index (χ1) is 13.4. The second-order valence-corrected chi connectivity index (χ2v) is 8.66. The van der Waals surface area contributed by atoms with Gasteiger partial charge in [-0.3, -0.25) is 9.36 Å². The Morgan fingerprint density at radius 1 is 0.964 bits per heavy atom. The minimum absolute atomic E-state index is 0.313. The standard InChI is InChI=1S/C21H16Cl2N2O2S/c1-12-13(2)28-20-18(12)19(26)25(17-8-6-15(22)7-9-17)21(27)24(20)11-14-4-3-5-16(23)10-14/h3-10H,11H2,1-2H3. The second kappa shape index (κ2) is 7.24. The average molecular weight is 431 g/mol. The topological polar surface area (TPSA) is 44.0 Å². The van der Waals surface area contributed by atoms with Crippen LogP contribution in [0, 0.1) is 13.8 Å². The van der Waals surface area contributed by atoms with Crippen molar-refractivity contribution in [3.05, 3.63) is 95.4 Å². The molecule has 0 N–H and O–H groups in total. The molecule has 0 amide bonds. The Hall–Kier alpha value is -2.34. The van der Waals surface area contributed by atoms with Crippen LogP contribution >= 0.6 is 34.5 Å². The van der Waals surface area contributed by atoms with E-state index in [2.05, 4.69) is 0 Å². The molecule has 2 heterocycles. The average Bonchev–Trinajstić information content (AvgIpc) is 2.95. The summed E-state index contributed by atoms with van der Waals surface area (Å²) in [6.45, 7) is 4.19. The maximum Gasteiger partial charge on any atom is 0.337 e. The third-order valence-corrected chi connectivity index (χ3v) is 6.48. The molecule has 142 valence electrons. The van der Waals surface area contributed by atoms with Gasteiger partial charge in [0.2, 0.25) is 0 Å². The molecule has 4 rings (SSSR count). The molecule has 0 aliphatic heterocycles. The zero-order valence-corrected chi connectivity index (χ0v) is 17.5. The second-order valence-electron chi connectivity index (χ2n) is 6.58. The highest BCUT2D eigenvalue weighted by Gasteiger charge is 2.19. The van der Waals surface area contributed by atoms with Gasteiger partial charge in [0.05, 0.1) is 17.6 Å². The predicted molar refractivity (Wildman–Crippen MR) is 117 cm³/mol. The van der Waals surface area contributed by atoms with Crippen LogP contribution in [0.4, 0.5) is 0 Å². The van der Waals surface area contributed by atoms with E-state index in [0.29, 0.717) is 32.5 Å². The molecule has 0 saturated carbocycles. The normalized spacial score (nSPS) is 11.3. The molecule has 0 unspecified atom stereocenters. The van der Waals surface area contributed by atoms with Crippen LogP contribution in [0.2, 0.25) is 10.0 Å². The van der Waals surface area contributed by atoms with Crippen molar-refractivity contribution in [3.63, 3.8) is 0 Å². The van der Waals surface area contributed by atoms with Crippen LogP contribution in [0.5, 0.6) is 0 Å². The number of rotatable bonds is 3. The van der Waals surface area contributed by atoms with E-state index < -0.39 is 0 Å². The summed E-state index contributed by atoms with van der Waals surface area (Å²) in [6.07, 6.45) is 0. The molecule has 0 aliphatic rings. The van der Waals surface area contributed by atoms with Gasteiger partial charge < -0.3 is 0 Å². The lowest BCUT2D eigenvalue weighted by Crippen LogP contribution is -2.38. The van der Waals surface area contributed by atoms with Crippen molar-refractivity contribution in [2.24, 2.45) is 0 Å². The van der Waals surface area contributed by atoms with Gasteiger partial charge in [0.25, 0.3) is 5.56 Å². The van der Waals surface area contributed by atoms with E-state index in [1.165, 1.54) is 15.9 Å². The van der Waals surface area contributed by atoms with Gasteiger partial charge in [-0.1, -0.05) is 35.3 Å². The number of aromatic nitrogens is 2. The fourth-order valence-corrected chi connectivity index (χ4v) is 4.71. The highest BCUT2D eigenvalue weighted by Crippen LogP contribution is 2.28. The van der Waals surface area contributed by atoms with E-state index in [4.69, 9.17) is 23.2 Å². The van der Waals surface area contributed by atoms with Crippen LogP contribution in [0.15, 0.2) is 58.1 Å². The Balaban J connectivity index is 2.06. The monoisotopic (exact) mass is 430 g/mol. The zero-order valence-electron chi connectivity index (χ0n) is 15.2. The Bertz CT molecular complexity index is 1320. The van der Waals surface area contributed by atoms with Gasteiger partial charge in [0.15, 0.2) is 0 Å². The maximum absolute atomic E-state index is 13.4. The van der Waals surface area contributed by atoms with Crippen molar-refractivity contribution in [2.45, 2.75) is 20.4 Å². The third-order valence-electron chi connectivity index (χ3n) is 4.77. The van der Waals surface area contributed by atoms with Crippen molar-refractivity contribution < 1.29 is 0 Å². The number of benzene rings is 2. The Morgan fingerprint density at radius 3 is 2.36 bits per heavy atom. The summed E-state index contributed by atoms with van der Waals surface area (Å²) < 4.78 is 2.85. The first-order valence-electron chi connectivity index (χ1n) is 8.63. The minimum Gasteiger partial charge on any atom is -0.279 e. The summed E-state index contributed by atoms with van der Waals surface area (Å²) >= 11 is 13.5. The highest BCUT2D eigenvalue weighted by molar-refractivity contribution is 7.18. The lowest BCUT2D eigenvalue weighted by molar-refractivity contribution is 0.719. The van der Waals surface area contributed by atoms with E-state index in [-0.39, 0.29) is 11.2 Å². The number of thiophene rings is 1. The molecule has 0 radical (unpaired) electrons. The summed E-state index contributed by atoms with van der Waals surface area (Å²) in [5.41, 5.74) is 1.57. The number of halogens is 2. The molecule has 0 saturated heterocycles. The predicted octanol–water partition coefficient (Wildman–Crippen LogP) is 5.19. The molecule has 4 aromatic rings. The van der Waals surface area contributed by atoms with Gasteiger partial charge in [-0.25, -0.2) is 9.36 Å². The number of fused-ring (bicyclic) bond motifs is 1. The molecule has 0 fully saturated rings. The highest BCUT2D eigenvalue weighted by atomic mass is 35.5. The smallest absolute Gasteiger partial charge is 0.279 e. The minimum atomic E-state index is -0.388. The van der Waals surface area contributed by atoms with Crippen molar-refractivity contribution in [1.29, 1.82) is 0 Å². The fraction of sp³-hybridized carbons (Fsp3) is 0.143. The first kappa shape index (κ1) is 19.0. The van der Waals surface area contributed by atoms with Gasteiger partial charge in [-0.05, 0) is 61.4 Å². The summed E-state index contributed by atoms with van der Waals surface area (Å²) in [7, 11) is 0. The molecule has 0 bridgehead atoms. The number of nitrogens with zero attached hydrogens (tertiary/aromatic N) is 2. The van der Waals surface area contributed by atoms with Crippen molar-refractivity contribution >= 4 is 44.8 Å². The largest absolute Gasteiger partial charge is 0.337 e. The molecule has 0 aliphatic carbocycles. The van der Waals surface area contributed by atoms with Crippen LogP contribution in [0.3, 0.4) is 0 Å². The fourth-order valence-electron chi connectivity index (χ4n) is 3.23. The summed E-state index contributed by atoms with van der Waals surface area (Å²) in [5, 5.41) is 1.71. The molecular formula is C21H16Cl2N2O2S.